The summed E-state index contributed by atoms with van der Waals surface area (Å²) in [6.07, 6.45) is -4.56. The van der Waals surface area contributed by atoms with Crippen LogP contribution < -0.4 is 10.1 Å². The minimum Gasteiger partial charge on any atom is -0.494 e. The van der Waals surface area contributed by atoms with Crippen molar-refractivity contribution in [3.63, 3.8) is 0 Å². The highest BCUT2D eigenvalue weighted by Crippen LogP contribution is 2.50. The first kappa shape index (κ1) is 26.8. The van der Waals surface area contributed by atoms with Gasteiger partial charge < -0.3 is 19.7 Å². The van der Waals surface area contributed by atoms with Crippen LogP contribution in [0.2, 0.25) is 0 Å². The van der Waals surface area contributed by atoms with Crippen LogP contribution in [-0.2, 0) is 19.9 Å². The summed E-state index contributed by atoms with van der Waals surface area (Å²) in [6.45, 7) is 0.168. The molecule has 2 aromatic carbocycles. The van der Waals surface area contributed by atoms with Gasteiger partial charge in [-0.15, -0.1) is 0 Å². The zero-order chi connectivity index (χ0) is 27.0. The van der Waals surface area contributed by atoms with Crippen molar-refractivity contribution in [1.82, 2.24) is 10.2 Å². The van der Waals surface area contributed by atoms with Crippen molar-refractivity contribution in [2.24, 2.45) is 5.41 Å². The second-order valence-electron chi connectivity index (χ2n) is 9.47. The number of piperidine rings is 2. The van der Waals surface area contributed by atoms with Crippen LogP contribution in [0.15, 0.2) is 42.5 Å². The smallest absolute Gasteiger partial charge is 0.430 e. The summed E-state index contributed by atoms with van der Waals surface area (Å²) < 4.78 is 81.0. The molecular weight excluding hydrogens is 499 g/mol. The van der Waals surface area contributed by atoms with Gasteiger partial charge in [-0.1, -0.05) is 18.2 Å². The highest BCUT2D eigenvalue weighted by Gasteiger charge is 2.64. The number of rotatable bonds is 5. The van der Waals surface area contributed by atoms with Crippen LogP contribution >= 0.6 is 0 Å². The lowest BCUT2D eigenvalue weighted by molar-refractivity contribution is -0.271. The number of nitrogens with zero attached hydrogens (tertiary/aromatic N) is 1. The molecule has 4 rings (SSSR count). The van der Waals surface area contributed by atoms with Gasteiger partial charge in [0.1, 0.15) is 5.82 Å². The molecule has 0 bridgehead atoms. The first-order chi connectivity index (χ1) is 17.5. The van der Waals surface area contributed by atoms with Gasteiger partial charge in [-0.3, -0.25) is 9.59 Å². The molecule has 0 unspecified atom stereocenters. The third-order valence-corrected chi connectivity index (χ3v) is 7.64. The van der Waals surface area contributed by atoms with Gasteiger partial charge in [0.15, 0.2) is 11.6 Å². The quantitative estimate of drug-likeness (QED) is 0.591. The molecule has 2 atom stereocenters. The van der Waals surface area contributed by atoms with Gasteiger partial charge in [0, 0.05) is 44.6 Å². The summed E-state index contributed by atoms with van der Waals surface area (Å²) in [4.78, 5) is 26.9. The number of methoxy groups -OCH3 is 2. The van der Waals surface area contributed by atoms with Crippen LogP contribution in [0.5, 0.6) is 5.75 Å². The zero-order valence-electron chi connectivity index (χ0n) is 20.3. The van der Waals surface area contributed by atoms with Crippen LogP contribution in [0.1, 0.15) is 36.3 Å². The van der Waals surface area contributed by atoms with Gasteiger partial charge in [0.2, 0.25) is 5.91 Å². The van der Waals surface area contributed by atoms with E-state index in [2.05, 4.69) is 5.32 Å². The number of likely N-dealkylation sites (tertiary alicyclic amines) is 1. The Kier molecular flexibility index (Phi) is 7.20. The fraction of sp³-hybridized carbons (Fsp3) is 0.462. The first-order valence-electron chi connectivity index (χ1n) is 11.7. The second-order valence-corrected chi connectivity index (χ2v) is 9.47. The van der Waals surface area contributed by atoms with E-state index in [9.17, 15) is 31.5 Å². The summed E-state index contributed by atoms with van der Waals surface area (Å²) in [5.74, 6) is -3.49. The average molecular weight is 527 g/mol. The Morgan fingerprint density at radius 2 is 1.70 bits per heavy atom. The monoisotopic (exact) mass is 526 g/mol. The maximum atomic E-state index is 14.5. The van der Waals surface area contributed by atoms with E-state index in [-0.39, 0.29) is 49.9 Å². The third kappa shape index (κ3) is 4.65. The molecule has 2 aliphatic rings. The molecule has 2 aromatic rings. The van der Waals surface area contributed by atoms with Gasteiger partial charge in [0.05, 0.1) is 7.11 Å². The molecule has 0 saturated carbocycles. The molecule has 2 aliphatic heterocycles. The van der Waals surface area contributed by atoms with Crippen LogP contribution in [0.25, 0.3) is 0 Å². The molecule has 0 radical (unpaired) electrons. The maximum Gasteiger partial charge on any atom is 0.430 e. The number of ether oxygens (including phenoxy) is 2. The van der Waals surface area contributed by atoms with E-state index < -0.39 is 40.3 Å². The normalized spacial score (nSPS) is 21.3. The predicted octanol–water partition coefficient (Wildman–Crippen LogP) is 4.29. The standard InChI is InChI=1S/C26H27F5N2O4/c1-36-21-8-5-17(13-20(21)28)25(37-2,26(29,30)31)23(35)33-11-9-24(10-12-33)14-22(34)32-15-19(24)16-3-6-18(27)7-4-16/h3-8,13,19H,9-12,14-15H2,1-2H3,(H,32,34)/t19-,25-/m0/s1. The van der Waals surface area contributed by atoms with Gasteiger partial charge in [-0.05, 0) is 48.1 Å². The zero-order valence-corrected chi connectivity index (χ0v) is 20.3. The summed E-state index contributed by atoms with van der Waals surface area (Å²) in [5.41, 5.74) is -3.94. The molecule has 6 nitrogen and oxygen atoms in total. The minimum atomic E-state index is -5.20. The Morgan fingerprint density at radius 1 is 1.05 bits per heavy atom. The Labute approximate surface area is 210 Å². The Morgan fingerprint density at radius 3 is 2.24 bits per heavy atom. The molecule has 0 aliphatic carbocycles. The van der Waals surface area contributed by atoms with Crippen molar-refractivity contribution in [2.75, 3.05) is 33.9 Å². The summed E-state index contributed by atoms with van der Waals surface area (Å²) in [7, 11) is 1.93. The first-order valence-corrected chi connectivity index (χ1v) is 11.7. The number of nitrogens with one attached hydrogen (secondary N) is 1. The van der Waals surface area contributed by atoms with E-state index in [1.165, 1.54) is 19.2 Å². The minimum absolute atomic E-state index is 0.0658. The van der Waals surface area contributed by atoms with Gasteiger partial charge in [-0.25, -0.2) is 8.78 Å². The van der Waals surface area contributed by atoms with E-state index in [4.69, 9.17) is 9.47 Å². The van der Waals surface area contributed by atoms with Crippen LogP contribution in [0.3, 0.4) is 0 Å². The van der Waals surface area contributed by atoms with Crippen molar-refractivity contribution < 1.29 is 41.0 Å². The van der Waals surface area contributed by atoms with Crippen molar-refractivity contribution in [3.05, 3.63) is 65.2 Å². The van der Waals surface area contributed by atoms with Crippen LogP contribution in [0.4, 0.5) is 22.0 Å². The number of alkyl halides is 3. The molecule has 1 N–H and O–H groups in total. The maximum absolute atomic E-state index is 14.5. The number of halogens is 5. The largest absolute Gasteiger partial charge is 0.494 e. The van der Waals surface area contributed by atoms with E-state index >= 15 is 0 Å². The van der Waals surface area contributed by atoms with Gasteiger partial charge in [0.25, 0.3) is 11.5 Å². The van der Waals surface area contributed by atoms with Gasteiger partial charge in [-0.2, -0.15) is 13.2 Å². The molecule has 11 heteroatoms. The molecule has 2 heterocycles. The van der Waals surface area contributed by atoms with E-state index in [1.54, 1.807) is 12.1 Å². The number of carbonyl (C=O) groups is 2. The van der Waals surface area contributed by atoms with E-state index in [1.807, 2.05) is 0 Å². The summed E-state index contributed by atoms with van der Waals surface area (Å²) >= 11 is 0. The molecule has 2 amide bonds. The molecule has 200 valence electrons. The predicted molar refractivity (Wildman–Crippen MR) is 123 cm³/mol. The Bertz CT molecular complexity index is 1160. The van der Waals surface area contributed by atoms with Crippen molar-refractivity contribution in [3.8, 4) is 5.75 Å². The SMILES string of the molecule is COc1ccc([C@](OC)(C(=O)N2CCC3(CC2)CC(=O)NC[C@H]3c2ccc(F)cc2)C(F)(F)F)cc1F. The van der Waals surface area contributed by atoms with E-state index in [0.29, 0.717) is 12.6 Å². The molecule has 2 fully saturated rings. The fourth-order valence-electron chi connectivity index (χ4n) is 5.62. The number of benzene rings is 2. The van der Waals surface area contributed by atoms with Crippen molar-refractivity contribution in [2.45, 2.75) is 37.0 Å². The number of hydrogen-bond acceptors (Lipinski definition) is 4. The van der Waals surface area contributed by atoms with Crippen molar-refractivity contribution in [1.29, 1.82) is 0 Å². The molecule has 37 heavy (non-hydrogen) atoms. The lowest BCUT2D eigenvalue weighted by atomic mass is 9.62. The lowest BCUT2D eigenvalue weighted by Crippen LogP contribution is -2.60. The molecule has 0 aromatic heterocycles. The number of amides is 2. The molecule has 2 saturated heterocycles. The average Bonchev–Trinajstić information content (AvgIpc) is 2.85. The third-order valence-electron chi connectivity index (χ3n) is 7.64. The Balaban J connectivity index is 1.64. The summed E-state index contributed by atoms with van der Waals surface area (Å²) in [6, 6.07) is 8.47. The molecular formula is C26H27F5N2O4. The molecule has 1 spiro atoms. The lowest BCUT2D eigenvalue weighted by Gasteiger charge is -2.50. The highest BCUT2D eigenvalue weighted by molar-refractivity contribution is 5.88. The number of hydrogen-bond donors (Lipinski definition) is 1. The Hall–Kier alpha value is -3.21. The van der Waals surface area contributed by atoms with Crippen LogP contribution in [0, 0.1) is 17.0 Å². The van der Waals surface area contributed by atoms with Crippen molar-refractivity contribution >= 4 is 11.8 Å². The highest BCUT2D eigenvalue weighted by atomic mass is 19.4. The van der Waals surface area contributed by atoms with E-state index in [0.717, 1.165) is 29.7 Å². The second kappa shape index (κ2) is 9.92. The number of carbonyl (C=O) groups excluding carboxylic acids is 2. The van der Waals surface area contributed by atoms with Crippen LogP contribution in [-0.4, -0.2) is 56.7 Å². The fourth-order valence-corrected chi connectivity index (χ4v) is 5.62. The summed E-state index contributed by atoms with van der Waals surface area (Å²) in [5, 5.41) is 2.81. The topological polar surface area (TPSA) is 67.9 Å². The van der Waals surface area contributed by atoms with Gasteiger partial charge >= 0.3 is 6.18 Å².